The van der Waals surface area contributed by atoms with E-state index in [1.54, 1.807) is 0 Å². The van der Waals surface area contributed by atoms with Gasteiger partial charge >= 0.3 is 0 Å². The largest absolute Gasteiger partial charge is 0.469 e. The van der Waals surface area contributed by atoms with Gasteiger partial charge in [-0.25, -0.2) is 0 Å². The van der Waals surface area contributed by atoms with E-state index in [-0.39, 0.29) is 0 Å². The highest BCUT2D eigenvalue weighted by Gasteiger charge is 2.32. The molecule has 1 heterocycles. The van der Waals surface area contributed by atoms with Crippen LogP contribution in [0.5, 0.6) is 0 Å². The third-order valence-corrected chi connectivity index (χ3v) is 4.54. The average molecular weight is 263 g/mol. The van der Waals surface area contributed by atoms with Gasteiger partial charge in [-0.2, -0.15) is 0 Å². The Morgan fingerprint density at radius 1 is 1.26 bits per heavy atom. The van der Waals surface area contributed by atoms with Crippen LogP contribution in [0.1, 0.15) is 64.1 Å². The molecule has 0 bridgehead atoms. The van der Waals surface area contributed by atoms with Crippen LogP contribution in [0.25, 0.3) is 0 Å². The van der Waals surface area contributed by atoms with E-state index in [1.807, 2.05) is 12.3 Å². The monoisotopic (exact) mass is 263 g/mol. The Morgan fingerprint density at radius 2 is 2.16 bits per heavy atom. The third-order valence-electron chi connectivity index (χ3n) is 4.54. The molecule has 1 aromatic heterocycles. The molecule has 2 heteroatoms. The summed E-state index contributed by atoms with van der Waals surface area (Å²) in [6.07, 6.45) is 9.82. The molecule has 1 aliphatic carbocycles. The predicted molar refractivity (Wildman–Crippen MR) is 80.3 cm³/mol. The summed E-state index contributed by atoms with van der Waals surface area (Å²) in [6.45, 7) is 6.82. The molecule has 108 valence electrons. The summed E-state index contributed by atoms with van der Waals surface area (Å²) in [5, 5.41) is 3.60. The van der Waals surface area contributed by atoms with Crippen molar-refractivity contribution < 1.29 is 4.42 Å². The van der Waals surface area contributed by atoms with E-state index >= 15 is 0 Å². The average Bonchev–Trinajstić information content (AvgIpc) is 2.94. The zero-order valence-electron chi connectivity index (χ0n) is 12.5. The summed E-state index contributed by atoms with van der Waals surface area (Å²) in [5.41, 5.74) is 0. The van der Waals surface area contributed by atoms with E-state index < -0.39 is 0 Å². The van der Waals surface area contributed by atoms with Crippen LogP contribution in [0, 0.1) is 11.8 Å². The van der Waals surface area contributed by atoms with Crippen molar-refractivity contribution in [3.8, 4) is 0 Å². The van der Waals surface area contributed by atoms with E-state index in [9.17, 15) is 0 Å². The number of hydrogen-bond acceptors (Lipinski definition) is 2. The summed E-state index contributed by atoms with van der Waals surface area (Å²) >= 11 is 0. The van der Waals surface area contributed by atoms with E-state index in [0.717, 1.165) is 24.9 Å². The molecule has 0 spiro atoms. The molecule has 0 saturated heterocycles. The molecule has 0 aromatic carbocycles. The van der Waals surface area contributed by atoms with Crippen LogP contribution in [-0.4, -0.2) is 13.1 Å². The minimum Gasteiger partial charge on any atom is -0.469 e. The minimum atomic E-state index is 0.629. The van der Waals surface area contributed by atoms with Crippen molar-refractivity contribution in [3.63, 3.8) is 0 Å². The predicted octanol–water partition coefficient (Wildman–Crippen LogP) is 4.58. The van der Waals surface area contributed by atoms with Gasteiger partial charge in [0.2, 0.25) is 0 Å². The lowest BCUT2D eigenvalue weighted by Gasteiger charge is -2.35. The van der Waals surface area contributed by atoms with Crippen molar-refractivity contribution >= 4 is 0 Å². The quantitative estimate of drug-likeness (QED) is 0.728. The van der Waals surface area contributed by atoms with Gasteiger partial charge in [0.15, 0.2) is 0 Å². The molecule has 2 nitrogen and oxygen atoms in total. The lowest BCUT2D eigenvalue weighted by Crippen LogP contribution is -2.32. The molecule has 3 atom stereocenters. The molecule has 3 unspecified atom stereocenters. The van der Waals surface area contributed by atoms with Crippen LogP contribution in [0.3, 0.4) is 0 Å². The molecule has 0 radical (unpaired) electrons. The maximum absolute atomic E-state index is 5.71. The fourth-order valence-electron chi connectivity index (χ4n) is 3.55. The van der Waals surface area contributed by atoms with E-state index in [2.05, 4.69) is 25.2 Å². The van der Waals surface area contributed by atoms with Gasteiger partial charge in [-0.15, -0.1) is 0 Å². The summed E-state index contributed by atoms with van der Waals surface area (Å²) < 4.78 is 5.71. The first-order chi connectivity index (χ1) is 9.35. The lowest BCUT2D eigenvalue weighted by molar-refractivity contribution is 0.201. The lowest BCUT2D eigenvalue weighted by atomic mass is 9.71. The fraction of sp³-hybridized carbons (Fsp3) is 0.765. The van der Waals surface area contributed by atoms with Crippen LogP contribution < -0.4 is 5.32 Å². The highest BCUT2D eigenvalue weighted by Crippen LogP contribution is 2.42. The Hall–Kier alpha value is -0.760. The van der Waals surface area contributed by atoms with Crippen LogP contribution in [0.4, 0.5) is 0 Å². The summed E-state index contributed by atoms with van der Waals surface area (Å²) in [5.74, 6) is 3.50. The Morgan fingerprint density at radius 3 is 2.84 bits per heavy atom. The van der Waals surface area contributed by atoms with Gasteiger partial charge in [-0.1, -0.05) is 33.1 Å². The maximum atomic E-state index is 5.71. The molecular weight excluding hydrogens is 234 g/mol. The zero-order valence-corrected chi connectivity index (χ0v) is 12.5. The summed E-state index contributed by atoms with van der Waals surface area (Å²) in [7, 11) is 0. The SMILES string of the molecule is CCCNCC1CCC(CCC)CC1c1ccco1. The van der Waals surface area contributed by atoms with Gasteiger partial charge in [0.25, 0.3) is 0 Å². The topological polar surface area (TPSA) is 25.2 Å². The van der Waals surface area contributed by atoms with Gasteiger partial charge in [0.05, 0.1) is 6.26 Å². The molecule has 1 aromatic rings. The zero-order chi connectivity index (χ0) is 13.5. The van der Waals surface area contributed by atoms with Crippen LogP contribution in [0.2, 0.25) is 0 Å². The second kappa shape index (κ2) is 7.74. The van der Waals surface area contributed by atoms with Crippen molar-refractivity contribution in [1.29, 1.82) is 0 Å². The van der Waals surface area contributed by atoms with Crippen molar-refractivity contribution in [2.75, 3.05) is 13.1 Å². The number of rotatable bonds is 7. The van der Waals surface area contributed by atoms with E-state index in [4.69, 9.17) is 4.42 Å². The van der Waals surface area contributed by atoms with E-state index in [0.29, 0.717) is 5.92 Å². The first-order valence-electron chi connectivity index (χ1n) is 8.09. The van der Waals surface area contributed by atoms with E-state index in [1.165, 1.54) is 44.3 Å². The second-order valence-corrected chi connectivity index (χ2v) is 6.05. The molecular formula is C17H29NO. The third kappa shape index (κ3) is 4.10. The van der Waals surface area contributed by atoms with Crippen molar-refractivity contribution in [3.05, 3.63) is 24.2 Å². The Labute approximate surface area is 118 Å². The standard InChI is InChI=1S/C17H29NO/c1-3-6-14-8-9-15(13-18-10-4-2)16(12-14)17-7-5-11-19-17/h5,7,11,14-16,18H,3-4,6,8-10,12-13H2,1-2H3. The molecule has 1 fully saturated rings. The molecule has 2 rings (SSSR count). The molecule has 19 heavy (non-hydrogen) atoms. The number of nitrogens with one attached hydrogen (secondary N) is 1. The Balaban J connectivity index is 1.96. The summed E-state index contributed by atoms with van der Waals surface area (Å²) in [4.78, 5) is 0. The molecule has 1 saturated carbocycles. The first kappa shape index (κ1) is 14.6. The normalized spacial score (nSPS) is 27.6. The van der Waals surface area contributed by atoms with Crippen molar-refractivity contribution in [2.24, 2.45) is 11.8 Å². The van der Waals surface area contributed by atoms with Gasteiger partial charge in [-0.3, -0.25) is 0 Å². The highest BCUT2D eigenvalue weighted by molar-refractivity contribution is 5.09. The minimum absolute atomic E-state index is 0.629. The van der Waals surface area contributed by atoms with Gasteiger partial charge in [0.1, 0.15) is 5.76 Å². The fourth-order valence-corrected chi connectivity index (χ4v) is 3.55. The van der Waals surface area contributed by atoms with Gasteiger partial charge < -0.3 is 9.73 Å². The summed E-state index contributed by atoms with van der Waals surface area (Å²) in [6, 6.07) is 4.21. The van der Waals surface area contributed by atoms with Crippen LogP contribution in [-0.2, 0) is 0 Å². The first-order valence-corrected chi connectivity index (χ1v) is 8.09. The highest BCUT2D eigenvalue weighted by atomic mass is 16.3. The number of hydrogen-bond donors (Lipinski definition) is 1. The van der Waals surface area contributed by atoms with Crippen molar-refractivity contribution in [2.45, 2.75) is 58.3 Å². The molecule has 0 aliphatic heterocycles. The molecule has 1 aliphatic rings. The Bertz CT molecular complexity index is 333. The maximum Gasteiger partial charge on any atom is 0.107 e. The number of furan rings is 1. The van der Waals surface area contributed by atoms with Crippen molar-refractivity contribution in [1.82, 2.24) is 5.32 Å². The second-order valence-electron chi connectivity index (χ2n) is 6.05. The Kier molecular flexibility index (Phi) is 5.96. The van der Waals surface area contributed by atoms with Crippen LogP contribution in [0.15, 0.2) is 22.8 Å². The van der Waals surface area contributed by atoms with Gasteiger partial charge in [0, 0.05) is 5.92 Å². The smallest absolute Gasteiger partial charge is 0.107 e. The molecule has 1 N–H and O–H groups in total. The van der Waals surface area contributed by atoms with Crippen LogP contribution >= 0.6 is 0 Å². The molecule has 0 amide bonds. The van der Waals surface area contributed by atoms with Gasteiger partial charge in [-0.05, 0) is 56.3 Å².